The summed E-state index contributed by atoms with van der Waals surface area (Å²) in [4.78, 5) is 8.53. The molecule has 0 spiro atoms. The van der Waals surface area contributed by atoms with Crippen molar-refractivity contribution in [3.05, 3.63) is 36.2 Å². The van der Waals surface area contributed by atoms with Gasteiger partial charge in [-0.25, -0.2) is 4.98 Å². The first-order valence-corrected chi connectivity index (χ1v) is 6.55. The molecule has 0 bridgehead atoms. The Labute approximate surface area is 106 Å². The molecule has 0 saturated heterocycles. The molecule has 17 heavy (non-hydrogen) atoms. The second-order valence-corrected chi connectivity index (χ2v) is 2.50. The van der Waals surface area contributed by atoms with Crippen LogP contribution in [-0.4, -0.2) is 9.97 Å². The fourth-order valence-corrected chi connectivity index (χ4v) is 1.05. The molecule has 0 N–H and O–H groups in total. The molecule has 2 nitrogen and oxygen atoms in total. The minimum Gasteiger partial charge on any atom is -0.253 e. The van der Waals surface area contributed by atoms with Crippen molar-refractivity contribution >= 4 is 11.0 Å². The second-order valence-electron chi connectivity index (χ2n) is 2.50. The summed E-state index contributed by atoms with van der Waals surface area (Å²) in [6.07, 6.45) is 1.78. The molecule has 1 aromatic heterocycles. The molecule has 0 radical (unpaired) electrons. The van der Waals surface area contributed by atoms with Crippen LogP contribution in [-0.2, 0) is 0 Å². The number of para-hydroxylation sites is 2. The highest BCUT2D eigenvalue weighted by Gasteiger charge is 1.92. The highest BCUT2D eigenvalue weighted by atomic mass is 14.8. The van der Waals surface area contributed by atoms with Gasteiger partial charge in [0.15, 0.2) is 0 Å². The zero-order valence-electron chi connectivity index (χ0n) is 12.3. The van der Waals surface area contributed by atoms with Crippen LogP contribution in [0.1, 0.15) is 47.2 Å². The minimum atomic E-state index is 0.957. The second kappa shape index (κ2) is 12.6. The largest absolute Gasteiger partial charge is 0.253 e. The first-order valence-electron chi connectivity index (χ1n) is 6.55. The van der Waals surface area contributed by atoms with Crippen LogP contribution in [0.2, 0.25) is 0 Å². The highest BCUT2D eigenvalue weighted by Crippen LogP contribution is 2.06. The maximum absolute atomic E-state index is 4.31. The number of aryl methyl sites for hydroxylation is 1. The third kappa shape index (κ3) is 6.67. The van der Waals surface area contributed by atoms with Gasteiger partial charge in [0.25, 0.3) is 0 Å². The number of nitrogens with zero attached hydrogens (tertiary/aromatic N) is 2. The van der Waals surface area contributed by atoms with Crippen molar-refractivity contribution in [3.8, 4) is 0 Å². The van der Waals surface area contributed by atoms with E-state index in [9.17, 15) is 0 Å². The van der Waals surface area contributed by atoms with E-state index >= 15 is 0 Å². The van der Waals surface area contributed by atoms with Gasteiger partial charge in [0.05, 0.1) is 16.7 Å². The summed E-state index contributed by atoms with van der Waals surface area (Å²) >= 11 is 0. The Bertz CT molecular complexity index is 383. The van der Waals surface area contributed by atoms with Gasteiger partial charge in [-0.1, -0.05) is 53.7 Å². The molecular formula is C15H26N2. The van der Waals surface area contributed by atoms with E-state index in [4.69, 9.17) is 0 Å². The van der Waals surface area contributed by atoms with Gasteiger partial charge in [0, 0.05) is 6.20 Å². The Morgan fingerprint density at radius 1 is 0.765 bits per heavy atom. The van der Waals surface area contributed by atoms with Gasteiger partial charge in [-0.3, -0.25) is 4.98 Å². The van der Waals surface area contributed by atoms with Crippen molar-refractivity contribution in [1.82, 2.24) is 9.97 Å². The lowest BCUT2D eigenvalue weighted by Gasteiger charge is -1.95. The van der Waals surface area contributed by atoms with E-state index in [0.29, 0.717) is 0 Å². The molecule has 1 aromatic carbocycles. The zero-order chi connectivity index (χ0) is 13.7. The van der Waals surface area contributed by atoms with Gasteiger partial charge in [-0.15, -0.1) is 0 Å². The van der Waals surface area contributed by atoms with Gasteiger partial charge in [0.1, 0.15) is 0 Å². The normalized spacial score (nSPS) is 7.71. The molecule has 0 saturated carbocycles. The first-order chi connectivity index (χ1) is 8.36. The molecule has 0 amide bonds. The van der Waals surface area contributed by atoms with Crippen LogP contribution in [0.3, 0.4) is 0 Å². The predicted octanol–water partition coefficient (Wildman–Crippen LogP) is 5.02. The summed E-state index contributed by atoms with van der Waals surface area (Å²) in [6, 6.07) is 7.86. The van der Waals surface area contributed by atoms with Gasteiger partial charge in [-0.2, -0.15) is 0 Å². The quantitative estimate of drug-likeness (QED) is 0.640. The number of hydrogen-bond donors (Lipinski definition) is 0. The zero-order valence-corrected chi connectivity index (χ0v) is 12.3. The summed E-state index contributed by atoms with van der Waals surface area (Å²) in [5, 5.41) is 0. The van der Waals surface area contributed by atoms with Crippen LogP contribution in [0.15, 0.2) is 30.5 Å². The Balaban J connectivity index is 0. The number of hydrogen-bond acceptors (Lipinski definition) is 2. The average molecular weight is 234 g/mol. The Morgan fingerprint density at radius 2 is 1.24 bits per heavy atom. The van der Waals surface area contributed by atoms with Crippen LogP contribution in [0.25, 0.3) is 11.0 Å². The summed E-state index contributed by atoms with van der Waals surface area (Å²) < 4.78 is 0. The molecule has 2 aromatic rings. The third-order valence-electron chi connectivity index (χ3n) is 1.57. The fraction of sp³-hybridized carbons (Fsp3) is 0.467. The SMILES string of the molecule is CC.CC.CC.Cc1cnc2ccccc2n1. The maximum Gasteiger partial charge on any atom is 0.0889 e. The van der Waals surface area contributed by atoms with Gasteiger partial charge in [-0.05, 0) is 19.1 Å². The molecule has 2 rings (SSSR count). The van der Waals surface area contributed by atoms with Crippen molar-refractivity contribution in [2.45, 2.75) is 48.5 Å². The molecule has 0 aliphatic rings. The van der Waals surface area contributed by atoms with E-state index in [1.165, 1.54) is 0 Å². The highest BCUT2D eigenvalue weighted by molar-refractivity contribution is 5.73. The molecule has 0 aliphatic carbocycles. The van der Waals surface area contributed by atoms with E-state index in [2.05, 4.69) is 9.97 Å². The lowest BCUT2D eigenvalue weighted by molar-refractivity contribution is 1.19. The summed E-state index contributed by atoms with van der Waals surface area (Å²) in [5.41, 5.74) is 2.88. The summed E-state index contributed by atoms with van der Waals surface area (Å²) in [5.74, 6) is 0. The van der Waals surface area contributed by atoms with Crippen LogP contribution in [0, 0.1) is 6.92 Å². The predicted molar refractivity (Wildman–Crippen MR) is 78.3 cm³/mol. The van der Waals surface area contributed by atoms with Crippen LogP contribution >= 0.6 is 0 Å². The Morgan fingerprint density at radius 3 is 1.76 bits per heavy atom. The van der Waals surface area contributed by atoms with Crippen LogP contribution in [0.5, 0.6) is 0 Å². The standard InChI is InChI=1S/C9H8N2.3C2H6/c1-7-6-10-8-4-2-3-5-9(8)11-7;3*1-2/h2-6H,1H3;3*1-2H3. The van der Waals surface area contributed by atoms with Gasteiger partial charge in [0.2, 0.25) is 0 Å². The smallest absolute Gasteiger partial charge is 0.0889 e. The molecule has 0 unspecified atom stereocenters. The first kappa shape index (κ1) is 17.9. The topological polar surface area (TPSA) is 25.8 Å². The lowest BCUT2D eigenvalue weighted by Crippen LogP contribution is -1.85. The van der Waals surface area contributed by atoms with E-state index in [1.807, 2.05) is 72.7 Å². The molecule has 96 valence electrons. The minimum absolute atomic E-state index is 0.957. The van der Waals surface area contributed by atoms with Gasteiger partial charge < -0.3 is 0 Å². The number of benzene rings is 1. The summed E-state index contributed by atoms with van der Waals surface area (Å²) in [6.45, 7) is 13.9. The molecule has 0 aliphatic heterocycles. The van der Waals surface area contributed by atoms with Crippen LogP contribution < -0.4 is 0 Å². The number of aromatic nitrogens is 2. The maximum atomic E-state index is 4.31. The lowest BCUT2D eigenvalue weighted by atomic mass is 10.3. The average Bonchev–Trinajstić information content (AvgIpc) is 2.45. The van der Waals surface area contributed by atoms with E-state index in [1.54, 1.807) is 6.20 Å². The van der Waals surface area contributed by atoms with Crippen molar-refractivity contribution in [2.24, 2.45) is 0 Å². The van der Waals surface area contributed by atoms with Crippen LogP contribution in [0.4, 0.5) is 0 Å². The fourth-order valence-electron chi connectivity index (χ4n) is 1.05. The third-order valence-corrected chi connectivity index (χ3v) is 1.57. The summed E-state index contributed by atoms with van der Waals surface area (Å²) in [7, 11) is 0. The molecule has 0 fully saturated rings. The molecule has 0 atom stereocenters. The van der Waals surface area contributed by atoms with Crippen molar-refractivity contribution in [3.63, 3.8) is 0 Å². The molecule has 1 heterocycles. The molecule has 2 heteroatoms. The van der Waals surface area contributed by atoms with E-state index < -0.39 is 0 Å². The van der Waals surface area contributed by atoms with Crippen molar-refractivity contribution in [2.75, 3.05) is 0 Å². The Hall–Kier alpha value is -1.44. The van der Waals surface area contributed by atoms with Crippen molar-refractivity contribution < 1.29 is 0 Å². The van der Waals surface area contributed by atoms with Crippen molar-refractivity contribution in [1.29, 1.82) is 0 Å². The number of fused-ring (bicyclic) bond motifs is 1. The Kier molecular flexibility index (Phi) is 13.3. The monoisotopic (exact) mass is 234 g/mol. The molecular weight excluding hydrogens is 208 g/mol. The van der Waals surface area contributed by atoms with Gasteiger partial charge >= 0.3 is 0 Å². The van der Waals surface area contributed by atoms with E-state index in [0.717, 1.165) is 16.7 Å². The number of rotatable bonds is 0. The van der Waals surface area contributed by atoms with E-state index in [-0.39, 0.29) is 0 Å².